The molecule has 0 saturated heterocycles. The molecule has 4 nitrogen and oxygen atoms in total. The highest BCUT2D eigenvalue weighted by Crippen LogP contribution is 2.54. The van der Waals surface area contributed by atoms with E-state index in [1.54, 1.807) is 12.1 Å². The van der Waals surface area contributed by atoms with Crippen molar-refractivity contribution in [3.05, 3.63) is 63.2 Å². The Bertz CT molecular complexity index is 820. The Labute approximate surface area is 148 Å². The molecule has 0 aliphatic heterocycles. The molecule has 0 aromatic heterocycles. The summed E-state index contributed by atoms with van der Waals surface area (Å²) in [5, 5.41) is 11.3. The van der Waals surface area contributed by atoms with Crippen molar-refractivity contribution in [2.24, 2.45) is 0 Å². The van der Waals surface area contributed by atoms with E-state index < -0.39 is 0 Å². The summed E-state index contributed by atoms with van der Waals surface area (Å²) in [5.41, 5.74) is 5.51. The molecule has 0 heterocycles. The molecule has 0 fully saturated rings. The maximum absolute atomic E-state index is 11.3. The largest absolute Gasteiger partial charge is 0.303 e. The zero-order chi connectivity index (χ0) is 18.0. The first-order valence-electron chi connectivity index (χ1n) is 8.93. The van der Waals surface area contributed by atoms with Crippen molar-refractivity contribution in [2.75, 3.05) is 0 Å². The van der Waals surface area contributed by atoms with Crippen LogP contribution in [0.2, 0.25) is 0 Å². The van der Waals surface area contributed by atoms with Gasteiger partial charge in [0.2, 0.25) is 0 Å². The molecule has 2 aromatic rings. The van der Waals surface area contributed by atoms with Crippen molar-refractivity contribution in [3.63, 3.8) is 0 Å². The van der Waals surface area contributed by atoms with Crippen LogP contribution in [0, 0.1) is 10.1 Å². The van der Waals surface area contributed by atoms with Crippen molar-refractivity contribution in [1.82, 2.24) is 0 Å². The van der Waals surface area contributed by atoms with Gasteiger partial charge in [0.25, 0.3) is 5.69 Å². The summed E-state index contributed by atoms with van der Waals surface area (Å²) in [6, 6.07) is 11.5. The fraction of sp³-hybridized carbons (Fsp3) is 0.381. The Kier molecular flexibility index (Phi) is 4.71. The smallest absolute Gasteiger partial charge is 0.269 e. The summed E-state index contributed by atoms with van der Waals surface area (Å²) in [5.74, 6) is 0. The lowest BCUT2D eigenvalue weighted by molar-refractivity contribution is -0.384. The zero-order valence-corrected chi connectivity index (χ0v) is 14.7. The van der Waals surface area contributed by atoms with Gasteiger partial charge in [-0.3, -0.25) is 10.1 Å². The summed E-state index contributed by atoms with van der Waals surface area (Å²) in [6.45, 7) is 4.31. The van der Waals surface area contributed by atoms with Gasteiger partial charge in [0.1, 0.15) is 6.29 Å². The Balaban J connectivity index is 2.28. The van der Waals surface area contributed by atoms with Gasteiger partial charge in [-0.15, -0.1) is 0 Å². The second kappa shape index (κ2) is 6.79. The molecular weight excluding hydrogens is 314 g/mol. The van der Waals surface area contributed by atoms with Gasteiger partial charge in [-0.25, -0.2) is 0 Å². The van der Waals surface area contributed by atoms with Crippen LogP contribution in [0.4, 0.5) is 5.69 Å². The van der Waals surface area contributed by atoms with Crippen LogP contribution in [-0.2, 0) is 16.6 Å². The van der Waals surface area contributed by atoms with Crippen LogP contribution in [0.5, 0.6) is 0 Å². The molecule has 1 aliphatic rings. The standard InChI is InChI=1S/C21H23NO3/c1-3-10-21(11-4-2)19-13-15(9-12-23)5-7-17(19)18-8-6-16(22(24)25)14-20(18)21/h5-8,12-14H,3-4,9-11H2,1-2H3. The van der Waals surface area contributed by atoms with Gasteiger partial charge in [0, 0.05) is 24.0 Å². The lowest BCUT2D eigenvalue weighted by atomic mass is 9.71. The number of fused-ring (bicyclic) bond motifs is 3. The van der Waals surface area contributed by atoms with Crippen LogP contribution in [0.3, 0.4) is 0 Å². The van der Waals surface area contributed by atoms with E-state index in [1.807, 2.05) is 12.1 Å². The third kappa shape index (κ3) is 2.76. The third-order valence-corrected chi connectivity index (χ3v) is 5.29. The number of nitro benzene ring substituents is 1. The van der Waals surface area contributed by atoms with Gasteiger partial charge in [0.05, 0.1) is 4.92 Å². The van der Waals surface area contributed by atoms with E-state index in [2.05, 4.69) is 26.0 Å². The summed E-state index contributed by atoms with van der Waals surface area (Å²) >= 11 is 0. The van der Waals surface area contributed by atoms with Crippen LogP contribution in [0.15, 0.2) is 36.4 Å². The van der Waals surface area contributed by atoms with Crippen molar-refractivity contribution in [2.45, 2.75) is 51.4 Å². The van der Waals surface area contributed by atoms with Gasteiger partial charge in [-0.2, -0.15) is 0 Å². The molecule has 0 amide bonds. The maximum atomic E-state index is 11.3. The van der Waals surface area contributed by atoms with Crippen molar-refractivity contribution in [1.29, 1.82) is 0 Å². The van der Waals surface area contributed by atoms with Gasteiger partial charge in [0.15, 0.2) is 0 Å². The fourth-order valence-corrected chi connectivity index (χ4v) is 4.38. The first kappa shape index (κ1) is 17.3. The van der Waals surface area contributed by atoms with Crippen LogP contribution in [-0.4, -0.2) is 11.2 Å². The Hall–Kier alpha value is -2.49. The van der Waals surface area contributed by atoms with Crippen molar-refractivity contribution >= 4 is 12.0 Å². The van der Waals surface area contributed by atoms with E-state index in [9.17, 15) is 14.9 Å². The summed E-state index contributed by atoms with van der Waals surface area (Å²) in [4.78, 5) is 21.9. The predicted molar refractivity (Wildman–Crippen MR) is 98.9 cm³/mol. The highest BCUT2D eigenvalue weighted by atomic mass is 16.6. The third-order valence-electron chi connectivity index (χ3n) is 5.29. The first-order valence-corrected chi connectivity index (χ1v) is 8.93. The number of hydrogen-bond donors (Lipinski definition) is 0. The minimum Gasteiger partial charge on any atom is -0.303 e. The number of benzene rings is 2. The average Bonchev–Trinajstić information content (AvgIpc) is 2.86. The van der Waals surface area contributed by atoms with Crippen molar-refractivity contribution in [3.8, 4) is 11.1 Å². The maximum Gasteiger partial charge on any atom is 0.269 e. The minimum absolute atomic E-state index is 0.149. The monoisotopic (exact) mass is 337 g/mol. The van der Waals surface area contributed by atoms with Crippen LogP contribution >= 0.6 is 0 Å². The van der Waals surface area contributed by atoms with E-state index in [0.717, 1.165) is 54.2 Å². The van der Waals surface area contributed by atoms with Gasteiger partial charge >= 0.3 is 0 Å². The number of non-ortho nitro benzene ring substituents is 1. The highest BCUT2D eigenvalue weighted by molar-refractivity contribution is 5.82. The Morgan fingerprint density at radius 3 is 2.16 bits per heavy atom. The minimum atomic E-state index is -0.316. The van der Waals surface area contributed by atoms with E-state index in [0.29, 0.717) is 6.42 Å². The molecule has 1 aliphatic carbocycles. The van der Waals surface area contributed by atoms with E-state index in [-0.39, 0.29) is 16.0 Å². The predicted octanol–water partition coefficient (Wildman–Crippen LogP) is 5.20. The summed E-state index contributed by atoms with van der Waals surface area (Å²) < 4.78 is 0. The van der Waals surface area contributed by atoms with Crippen LogP contribution < -0.4 is 0 Å². The SMILES string of the molecule is CCCC1(CCC)c2cc(CC=O)ccc2-c2ccc([N+](=O)[O-])cc21. The normalized spacial score (nSPS) is 14.0. The Morgan fingerprint density at radius 1 is 1.00 bits per heavy atom. The molecule has 3 rings (SSSR count). The quantitative estimate of drug-likeness (QED) is 0.396. The van der Waals surface area contributed by atoms with Gasteiger partial charge in [-0.05, 0) is 46.7 Å². The molecule has 0 N–H and O–H groups in total. The van der Waals surface area contributed by atoms with Crippen molar-refractivity contribution < 1.29 is 9.72 Å². The first-order chi connectivity index (χ1) is 12.1. The molecule has 0 saturated carbocycles. The van der Waals surface area contributed by atoms with Gasteiger partial charge < -0.3 is 4.79 Å². The Morgan fingerprint density at radius 2 is 1.60 bits per heavy atom. The van der Waals surface area contributed by atoms with Gasteiger partial charge in [-0.1, -0.05) is 44.9 Å². The van der Waals surface area contributed by atoms with E-state index in [4.69, 9.17) is 0 Å². The molecule has 0 spiro atoms. The molecule has 0 unspecified atom stereocenters. The molecule has 25 heavy (non-hydrogen) atoms. The second-order valence-corrected chi connectivity index (χ2v) is 6.82. The molecule has 4 heteroatoms. The summed E-state index contributed by atoms with van der Waals surface area (Å²) in [6.07, 6.45) is 5.23. The number of carbonyl (C=O) groups excluding carboxylic acids is 1. The zero-order valence-electron chi connectivity index (χ0n) is 14.7. The molecule has 2 aromatic carbocycles. The second-order valence-electron chi connectivity index (χ2n) is 6.82. The number of carbonyl (C=O) groups is 1. The van der Waals surface area contributed by atoms with Crippen LogP contribution in [0.1, 0.15) is 56.2 Å². The van der Waals surface area contributed by atoms with Crippen LogP contribution in [0.25, 0.3) is 11.1 Å². The van der Waals surface area contributed by atoms with E-state index in [1.165, 1.54) is 5.56 Å². The molecule has 0 bridgehead atoms. The number of hydrogen-bond acceptors (Lipinski definition) is 3. The summed E-state index contributed by atoms with van der Waals surface area (Å²) in [7, 11) is 0. The number of nitro groups is 1. The number of nitrogens with zero attached hydrogens (tertiary/aromatic N) is 1. The topological polar surface area (TPSA) is 60.2 Å². The number of rotatable bonds is 7. The lowest BCUT2D eigenvalue weighted by Gasteiger charge is -2.32. The molecular formula is C21H23NO3. The highest BCUT2D eigenvalue weighted by Gasteiger charge is 2.42. The molecule has 0 radical (unpaired) electrons. The lowest BCUT2D eigenvalue weighted by Crippen LogP contribution is -2.25. The molecule has 0 atom stereocenters. The molecule has 130 valence electrons. The average molecular weight is 337 g/mol. The fourth-order valence-electron chi connectivity index (χ4n) is 4.38. The number of aldehydes is 1. The van der Waals surface area contributed by atoms with E-state index >= 15 is 0 Å².